The number of para-hydroxylation sites is 3. The van der Waals surface area contributed by atoms with Gasteiger partial charge in [-0.15, -0.1) is 0 Å². The number of furan rings is 1. The predicted molar refractivity (Wildman–Crippen MR) is 212 cm³/mol. The van der Waals surface area contributed by atoms with Crippen LogP contribution in [0.1, 0.15) is 122 Å². The lowest BCUT2D eigenvalue weighted by Gasteiger charge is -2.34. The Kier molecular flexibility index (Phi) is 6.23. The van der Waals surface area contributed by atoms with Crippen LogP contribution in [0.4, 0.5) is 0 Å². The first-order valence-electron chi connectivity index (χ1n) is 21.5. The summed E-state index contributed by atoms with van der Waals surface area (Å²) in [6, 6.07) is 28.9. The Hall–Kier alpha value is -4.63. The van der Waals surface area contributed by atoms with Crippen molar-refractivity contribution in [2.45, 2.75) is 98.7 Å². The second-order valence-corrected chi connectivity index (χ2v) is 15.6. The van der Waals surface area contributed by atoms with Gasteiger partial charge < -0.3 is 4.42 Å². The first-order valence-corrected chi connectivity index (χ1v) is 18.0. The van der Waals surface area contributed by atoms with Crippen molar-refractivity contribution in [2.24, 2.45) is 5.41 Å². The molecule has 1 aliphatic rings. The molecule has 8 rings (SSSR count). The summed E-state index contributed by atoms with van der Waals surface area (Å²) in [6.45, 7) is 8.21. The molecule has 0 spiro atoms. The maximum absolute atomic E-state index is 9.30. The van der Waals surface area contributed by atoms with Crippen molar-refractivity contribution in [3.05, 3.63) is 119 Å². The molecule has 0 radical (unpaired) electrons. The van der Waals surface area contributed by atoms with Crippen LogP contribution < -0.4 is 0 Å². The molecule has 2 heterocycles. The van der Waals surface area contributed by atoms with Crippen LogP contribution in [0.2, 0.25) is 0 Å². The molecule has 254 valence electrons. The number of aromatic nitrogens is 2. The van der Waals surface area contributed by atoms with E-state index in [1.54, 1.807) is 24.3 Å². The molecular weight excluding hydrogens is 609 g/mol. The standard InChI is InChI=1S/C47H50N2O/c1-28(2)35-12-11-13-36(29(3)4)44(35)49-41-15-10-9-14-40(41)48-46(49)37-21-16-30(5)43-39-26-31(6)38(27-42(39)50-45(37)43)34-19-17-32(18-20-34)33-22-24-47(7,8)25-23-33/h9-21,26-29,33H,22-25H2,1-8H3/i5D3,6D3,33D. The molecule has 1 aliphatic carbocycles. The predicted octanol–water partition coefficient (Wildman–Crippen LogP) is 13.8. The van der Waals surface area contributed by atoms with Crippen LogP contribution in [0, 0.1) is 19.1 Å². The molecule has 1 saturated carbocycles. The van der Waals surface area contributed by atoms with Gasteiger partial charge in [0.25, 0.3) is 0 Å². The summed E-state index contributed by atoms with van der Waals surface area (Å²) < 4.78 is 70.1. The highest BCUT2D eigenvalue weighted by Crippen LogP contribution is 2.45. The van der Waals surface area contributed by atoms with E-state index >= 15 is 0 Å². The lowest BCUT2D eigenvalue weighted by atomic mass is 9.71. The summed E-state index contributed by atoms with van der Waals surface area (Å²) in [6.07, 6.45) is 3.50. The zero-order chi connectivity index (χ0) is 40.8. The van der Waals surface area contributed by atoms with Gasteiger partial charge in [-0.1, -0.05) is 102 Å². The minimum Gasteiger partial charge on any atom is -0.455 e. The first-order chi connectivity index (χ1) is 26.8. The summed E-state index contributed by atoms with van der Waals surface area (Å²) in [5.74, 6) is 0.316. The van der Waals surface area contributed by atoms with Gasteiger partial charge in [0, 0.05) is 20.4 Å². The average Bonchev–Trinajstić information content (AvgIpc) is 3.73. The number of fused-ring (bicyclic) bond motifs is 4. The Morgan fingerprint density at radius 3 is 2.18 bits per heavy atom. The molecule has 7 aromatic rings. The van der Waals surface area contributed by atoms with Crippen molar-refractivity contribution in [1.82, 2.24) is 9.55 Å². The van der Waals surface area contributed by atoms with Gasteiger partial charge in [-0.25, -0.2) is 4.98 Å². The Labute approximate surface area is 307 Å². The number of hydrogen-bond acceptors (Lipinski definition) is 2. The van der Waals surface area contributed by atoms with Gasteiger partial charge in [-0.05, 0) is 132 Å². The molecule has 0 saturated heterocycles. The van der Waals surface area contributed by atoms with E-state index in [0.29, 0.717) is 44.5 Å². The molecule has 0 atom stereocenters. The highest BCUT2D eigenvalue weighted by Gasteiger charge is 2.28. The number of nitrogens with zero attached hydrogens (tertiary/aromatic N) is 2. The van der Waals surface area contributed by atoms with Gasteiger partial charge in [0.2, 0.25) is 0 Å². The Balaban J connectivity index is 1.39. The molecule has 0 amide bonds. The van der Waals surface area contributed by atoms with Gasteiger partial charge in [0.1, 0.15) is 17.0 Å². The van der Waals surface area contributed by atoms with E-state index in [-0.39, 0.29) is 28.4 Å². The van der Waals surface area contributed by atoms with E-state index in [1.807, 2.05) is 42.5 Å². The van der Waals surface area contributed by atoms with E-state index in [1.165, 1.54) is 0 Å². The van der Waals surface area contributed by atoms with Crippen LogP contribution in [0.25, 0.3) is 61.2 Å². The molecule has 0 unspecified atom stereocenters. The number of imidazole rings is 1. The van der Waals surface area contributed by atoms with Crippen LogP contribution in [-0.2, 0) is 0 Å². The normalized spacial score (nSPS) is 18.5. The molecule has 0 N–H and O–H groups in total. The van der Waals surface area contributed by atoms with E-state index in [4.69, 9.17) is 17.6 Å². The zero-order valence-corrected chi connectivity index (χ0v) is 29.9. The van der Waals surface area contributed by atoms with E-state index in [0.717, 1.165) is 59.1 Å². The maximum atomic E-state index is 9.30. The topological polar surface area (TPSA) is 31.0 Å². The maximum Gasteiger partial charge on any atom is 0.149 e. The highest BCUT2D eigenvalue weighted by molar-refractivity contribution is 6.12. The molecule has 2 aromatic heterocycles. The summed E-state index contributed by atoms with van der Waals surface area (Å²) >= 11 is 0. The molecule has 50 heavy (non-hydrogen) atoms. The summed E-state index contributed by atoms with van der Waals surface area (Å²) in [5.41, 5.74) is 8.89. The first kappa shape index (κ1) is 25.3. The van der Waals surface area contributed by atoms with Gasteiger partial charge in [-0.2, -0.15) is 0 Å². The smallest absolute Gasteiger partial charge is 0.149 e. The van der Waals surface area contributed by atoms with E-state index in [9.17, 15) is 1.37 Å². The van der Waals surface area contributed by atoms with Crippen molar-refractivity contribution in [2.75, 3.05) is 0 Å². The van der Waals surface area contributed by atoms with Crippen molar-refractivity contribution in [3.63, 3.8) is 0 Å². The third-order valence-corrected chi connectivity index (χ3v) is 10.9. The van der Waals surface area contributed by atoms with Crippen LogP contribution in [0.15, 0.2) is 95.4 Å². The lowest BCUT2D eigenvalue weighted by molar-refractivity contribution is 0.224. The molecule has 3 heteroatoms. The number of benzene rings is 5. The lowest BCUT2D eigenvalue weighted by Crippen LogP contribution is -2.20. The fourth-order valence-electron chi connectivity index (χ4n) is 7.95. The minimum absolute atomic E-state index is 0.0816. The van der Waals surface area contributed by atoms with Crippen molar-refractivity contribution in [3.8, 4) is 28.2 Å². The van der Waals surface area contributed by atoms with Crippen LogP contribution in [0.3, 0.4) is 0 Å². The van der Waals surface area contributed by atoms with Crippen LogP contribution in [0.5, 0.6) is 0 Å². The summed E-state index contributed by atoms with van der Waals surface area (Å²) in [4.78, 5) is 5.21. The summed E-state index contributed by atoms with van der Waals surface area (Å²) in [5, 5.41) is 0.776. The van der Waals surface area contributed by atoms with Gasteiger partial charge in [0.15, 0.2) is 0 Å². The van der Waals surface area contributed by atoms with Crippen LogP contribution >= 0.6 is 0 Å². The second kappa shape index (κ2) is 12.3. The van der Waals surface area contributed by atoms with Crippen LogP contribution in [-0.4, -0.2) is 9.55 Å². The van der Waals surface area contributed by atoms with E-state index < -0.39 is 19.6 Å². The number of hydrogen-bond donors (Lipinski definition) is 0. The SMILES string of the molecule is [2H]C([2H])([2H])c1cc2c(cc1-c1ccc(C3([2H])CCC(C)(C)CC3)cc1)oc1c(-c3nc4ccccc4n3-c3c(C(C)C)cccc3C(C)C)ccc(C([2H])([2H])[2H])c12. The third kappa shape index (κ3) is 5.46. The van der Waals surface area contributed by atoms with Gasteiger partial charge in [-0.3, -0.25) is 4.57 Å². The number of aryl methyl sites for hydroxylation is 2. The van der Waals surface area contributed by atoms with Gasteiger partial charge in [0.05, 0.1) is 22.3 Å². The third-order valence-electron chi connectivity index (χ3n) is 10.9. The van der Waals surface area contributed by atoms with E-state index in [2.05, 4.69) is 70.4 Å². The average molecular weight is 666 g/mol. The Morgan fingerprint density at radius 1 is 0.800 bits per heavy atom. The molecule has 3 nitrogen and oxygen atoms in total. The molecule has 1 fully saturated rings. The zero-order valence-electron chi connectivity index (χ0n) is 36.9. The fourth-order valence-corrected chi connectivity index (χ4v) is 7.95. The van der Waals surface area contributed by atoms with Crippen molar-refractivity contribution >= 4 is 33.0 Å². The molecular formula is C47H50N2O. The summed E-state index contributed by atoms with van der Waals surface area (Å²) in [7, 11) is 0. The van der Waals surface area contributed by atoms with Gasteiger partial charge >= 0.3 is 0 Å². The Morgan fingerprint density at radius 2 is 1.50 bits per heavy atom. The molecule has 0 aliphatic heterocycles. The minimum atomic E-state index is -2.52. The largest absolute Gasteiger partial charge is 0.455 e. The quantitative estimate of drug-likeness (QED) is 0.177. The Bertz CT molecular complexity index is 2620. The van der Waals surface area contributed by atoms with Crippen molar-refractivity contribution < 1.29 is 14.0 Å². The highest BCUT2D eigenvalue weighted by atomic mass is 16.3. The monoisotopic (exact) mass is 665 g/mol. The second-order valence-electron chi connectivity index (χ2n) is 15.6. The van der Waals surface area contributed by atoms with Crippen molar-refractivity contribution in [1.29, 1.82) is 0 Å². The molecule has 5 aromatic carbocycles. The molecule has 0 bridgehead atoms. The fraction of sp³-hybridized carbons (Fsp3) is 0.340. The number of rotatable bonds is 6.